The maximum absolute atomic E-state index is 14.8. The topological polar surface area (TPSA) is 89.1 Å². The van der Waals surface area contributed by atoms with Crippen LogP contribution in [0.25, 0.3) is 27.8 Å². The smallest absolute Gasteiger partial charge is 0.282 e. The van der Waals surface area contributed by atoms with Crippen LogP contribution in [0.15, 0.2) is 52.4 Å². The molecule has 3 aliphatic rings. The Balaban J connectivity index is 1.73. The summed E-state index contributed by atoms with van der Waals surface area (Å²) in [5.41, 5.74) is 7.39. The van der Waals surface area contributed by atoms with Crippen molar-refractivity contribution in [1.29, 1.82) is 0 Å². The van der Waals surface area contributed by atoms with Crippen molar-refractivity contribution in [1.82, 2.24) is 14.8 Å². The summed E-state index contributed by atoms with van der Waals surface area (Å²) in [5.74, 6) is 0.278. The third-order valence-electron chi connectivity index (χ3n) is 5.48. The molecule has 3 aliphatic heterocycles. The van der Waals surface area contributed by atoms with Crippen LogP contribution in [-0.2, 0) is 5.54 Å². The van der Waals surface area contributed by atoms with Crippen molar-refractivity contribution in [3.63, 3.8) is 0 Å². The summed E-state index contributed by atoms with van der Waals surface area (Å²) in [6.45, 7) is 1.96. The quantitative estimate of drug-likeness (QED) is 0.486. The van der Waals surface area contributed by atoms with E-state index in [2.05, 4.69) is 15.1 Å². The van der Waals surface area contributed by atoms with E-state index in [1.54, 1.807) is 30.5 Å². The summed E-state index contributed by atoms with van der Waals surface area (Å²) in [7, 11) is 0. The average molecular weight is 442 g/mol. The fourth-order valence-electron chi connectivity index (χ4n) is 3.80. The van der Waals surface area contributed by atoms with Gasteiger partial charge in [0.25, 0.3) is 5.56 Å². The SMILES string of the molecule is CC1(c2ccc(F)c(-n3nc4c5cc(Cl)ccc5[nH]cc-4c3=O)c2)CCSC(N)=N1. The van der Waals surface area contributed by atoms with Gasteiger partial charge in [0.2, 0.25) is 0 Å². The number of amidine groups is 1. The highest BCUT2D eigenvalue weighted by atomic mass is 35.5. The molecule has 2 aromatic rings. The molecule has 1 atom stereocenters. The zero-order valence-corrected chi connectivity index (χ0v) is 17.5. The zero-order chi connectivity index (χ0) is 21.0. The molecule has 3 N–H and O–H groups in total. The van der Waals surface area contributed by atoms with Crippen LogP contribution in [0, 0.1) is 5.82 Å². The van der Waals surface area contributed by atoms with Gasteiger partial charge in [0.1, 0.15) is 17.2 Å². The lowest BCUT2D eigenvalue weighted by Gasteiger charge is -2.30. The summed E-state index contributed by atoms with van der Waals surface area (Å²) < 4.78 is 15.9. The van der Waals surface area contributed by atoms with Gasteiger partial charge in [0.05, 0.1) is 11.1 Å². The number of nitrogens with zero attached hydrogens (tertiary/aromatic N) is 3. The Kier molecular flexibility index (Phi) is 4.37. The number of pyridine rings is 1. The molecule has 30 heavy (non-hydrogen) atoms. The number of aromatic amines is 1. The molecule has 6 nitrogen and oxygen atoms in total. The van der Waals surface area contributed by atoms with Gasteiger partial charge in [0.15, 0.2) is 5.17 Å². The molecule has 0 amide bonds. The number of aromatic nitrogens is 3. The number of rotatable bonds is 2. The minimum atomic E-state index is -0.582. The number of hydrogen-bond acceptors (Lipinski definition) is 5. The van der Waals surface area contributed by atoms with Crippen LogP contribution in [0.1, 0.15) is 18.9 Å². The van der Waals surface area contributed by atoms with Crippen molar-refractivity contribution >= 4 is 39.4 Å². The number of H-pyrrole nitrogens is 1. The summed E-state index contributed by atoms with van der Waals surface area (Å²) >= 11 is 7.63. The first-order valence-corrected chi connectivity index (χ1v) is 10.7. The largest absolute Gasteiger partial charge is 0.379 e. The summed E-state index contributed by atoms with van der Waals surface area (Å²) in [6.07, 6.45) is 2.34. The highest BCUT2D eigenvalue weighted by molar-refractivity contribution is 8.13. The van der Waals surface area contributed by atoms with E-state index in [0.717, 1.165) is 27.9 Å². The second kappa shape index (κ2) is 6.85. The van der Waals surface area contributed by atoms with E-state index in [1.807, 2.05) is 13.0 Å². The van der Waals surface area contributed by atoms with E-state index in [-0.39, 0.29) is 5.69 Å². The van der Waals surface area contributed by atoms with Crippen LogP contribution in [0.5, 0.6) is 0 Å². The third-order valence-corrected chi connectivity index (χ3v) is 6.51. The molecule has 9 heteroatoms. The molecule has 0 bridgehead atoms. The Bertz CT molecular complexity index is 1360. The molecule has 0 aliphatic carbocycles. The van der Waals surface area contributed by atoms with Gasteiger partial charge < -0.3 is 10.7 Å². The fourth-order valence-corrected chi connectivity index (χ4v) is 4.95. The molecule has 0 aromatic heterocycles. The van der Waals surface area contributed by atoms with Crippen LogP contribution < -0.4 is 11.3 Å². The van der Waals surface area contributed by atoms with Crippen molar-refractivity contribution < 1.29 is 4.39 Å². The van der Waals surface area contributed by atoms with Crippen LogP contribution in [0.3, 0.4) is 0 Å². The first-order chi connectivity index (χ1) is 14.4. The number of nitrogens with one attached hydrogen (secondary N) is 1. The third kappa shape index (κ3) is 2.98. The Hall–Kier alpha value is -2.84. The molecular formula is C21H17ClFN5OS. The lowest BCUT2D eigenvalue weighted by Crippen LogP contribution is -2.29. The number of aliphatic imine (C=N–C) groups is 1. The number of hydrogen-bond donors (Lipinski definition) is 2. The molecule has 0 spiro atoms. The predicted molar refractivity (Wildman–Crippen MR) is 119 cm³/mol. The molecule has 3 heterocycles. The normalized spacial score (nSPS) is 19.4. The number of fused-ring (bicyclic) bond motifs is 3. The van der Waals surface area contributed by atoms with E-state index in [9.17, 15) is 9.18 Å². The first kappa shape index (κ1) is 19.1. The van der Waals surface area contributed by atoms with Gasteiger partial charge in [0, 0.05) is 27.9 Å². The number of thioether (sulfide) groups is 1. The molecule has 0 saturated heterocycles. The van der Waals surface area contributed by atoms with Crippen LogP contribution in [0.2, 0.25) is 5.02 Å². The highest BCUT2D eigenvalue weighted by Gasteiger charge is 2.31. The van der Waals surface area contributed by atoms with E-state index < -0.39 is 16.9 Å². The summed E-state index contributed by atoms with van der Waals surface area (Å²) in [4.78, 5) is 20.7. The Morgan fingerprint density at radius 3 is 2.93 bits per heavy atom. The van der Waals surface area contributed by atoms with Crippen LogP contribution in [0.4, 0.5) is 4.39 Å². The van der Waals surface area contributed by atoms with E-state index >= 15 is 0 Å². The molecule has 0 fully saturated rings. The van der Waals surface area contributed by atoms with Gasteiger partial charge in [-0.2, -0.15) is 9.78 Å². The molecule has 0 saturated carbocycles. The average Bonchev–Trinajstić information content (AvgIpc) is 3.05. The molecule has 1 unspecified atom stereocenters. The number of halogens is 2. The lowest BCUT2D eigenvalue weighted by atomic mass is 9.89. The second-order valence-electron chi connectivity index (χ2n) is 7.45. The monoisotopic (exact) mass is 441 g/mol. The Morgan fingerprint density at radius 2 is 2.13 bits per heavy atom. The van der Waals surface area contributed by atoms with Gasteiger partial charge in [-0.25, -0.2) is 4.39 Å². The van der Waals surface area contributed by atoms with E-state index in [0.29, 0.717) is 26.8 Å². The molecular weight excluding hydrogens is 425 g/mol. The van der Waals surface area contributed by atoms with E-state index in [4.69, 9.17) is 17.3 Å². The summed E-state index contributed by atoms with van der Waals surface area (Å²) in [5, 5.41) is 6.18. The Morgan fingerprint density at radius 1 is 1.30 bits per heavy atom. The minimum Gasteiger partial charge on any atom is -0.379 e. The van der Waals surface area contributed by atoms with Crippen LogP contribution in [-0.4, -0.2) is 25.7 Å². The lowest BCUT2D eigenvalue weighted by molar-refractivity contribution is 0.479. The maximum Gasteiger partial charge on any atom is 0.282 e. The van der Waals surface area contributed by atoms with Crippen molar-refractivity contribution in [2.75, 3.05) is 5.75 Å². The highest BCUT2D eigenvalue weighted by Crippen LogP contribution is 2.36. The number of nitrogens with two attached hydrogens (primary N) is 1. The van der Waals surface area contributed by atoms with Crippen molar-refractivity contribution in [2.45, 2.75) is 18.9 Å². The maximum atomic E-state index is 14.8. The molecule has 0 radical (unpaired) electrons. The van der Waals surface area contributed by atoms with Gasteiger partial charge in [-0.05, 0) is 49.2 Å². The van der Waals surface area contributed by atoms with Gasteiger partial charge in [-0.3, -0.25) is 9.79 Å². The summed E-state index contributed by atoms with van der Waals surface area (Å²) in [6, 6.07) is 9.95. The molecule has 2 aromatic carbocycles. The van der Waals surface area contributed by atoms with Crippen LogP contribution >= 0.6 is 23.4 Å². The first-order valence-electron chi connectivity index (χ1n) is 9.34. The number of benzene rings is 2. The van der Waals surface area contributed by atoms with Gasteiger partial charge >= 0.3 is 0 Å². The van der Waals surface area contributed by atoms with Crippen molar-refractivity contribution in [3.8, 4) is 16.9 Å². The van der Waals surface area contributed by atoms with Gasteiger partial charge in [-0.15, -0.1) is 0 Å². The zero-order valence-electron chi connectivity index (χ0n) is 15.9. The second-order valence-corrected chi connectivity index (χ2v) is 9.00. The predicted octanol–water partition coefficient (Wildman–Crippen LogP) is 4.28. The Labute approximate surface area is 180 Å². The molecule has 5 rings (SSSR count). The molecule has 152 valence electrons. The van der Waals surface area contributed by atoms with Gasteiger partial charge in [-0.1, -0.05) is 29.4 Å². The van der Waals surface area contributed by atoms with E-state index in [1.165, 1.54) is 17.8 Å². The minimum absolute atomic E-state index is 0.0806. The fraction of sp³-hybridized carbons (Fsp3) is 0.190. The van der Waals surface area contributed by atoms with Crippen molar-refractivity contribution in [2.24, 2.45) is 10.7 Å². The van der Waals surface area contributed by atoms with Crippen molar-refractivity contribution in [3.05, 3.63) is 69.4 Å². The standard InChI is InChI=1S/C21H17ClFN5OS/c1-21(6-7-30-20(24)26-21)11-2-4-15(23)17(8-11)28-19(29)14-10-25-16-5-3-12(22)9-13(16)18(14)27-28/h2-5,8-10,25H,6-7H2,1H3,(H2,24,26).